The summed E-state index contributed by atoms with van der Waals surface area (Å²) in [4.78, 5) is 5.65. The summed E-state index contributed by atoms with van der Waals surface area (Å²) in [7, 11) is 2.15. The van der Waals surface area contributed by atoms with Crippen LogP contribution in [0.2, 0.25) is 0 Å². The fraction of sp³-hybridized carbons (Fsp3) is 0.636. The van der Waals surface area contributed by atoms with Crippen molar-refractivity contribution in [3.8, 4) is 0 Å². The van der Waals surface area contributed by atoms with E-state index in [0.29, 0.717) is 0 Å². The molecule has 0 radical (unpaired) electrons. The first kappa shape index (κ1) is 11.3. The van der Waals surface area contributed by atoms with Crippen LogP contribution in [0.5, 0.6) is 0 Å². The Kier molecular flexibility index (Phi) is 4.70. The number of aromatic nitrogens is 1. The molecule has 14 heavy (non-hydrogen) atoms. The maximum absolute atomic E-state index is 3.34. The quantitative estimate of drug-likeness (QED) is 0.672. The van der Waals surface area contributed by atoms with E-state index in [2.05, 4.69) is 48.2 Å². The summed E-state index contributed by atoms with van der Waals surface area (Å²) in [5.41, 5.74) is 2.53. The number of likely N-dealkylation sites (N-methyl/N-ethyl adjacent to an activating group) is 2. The van der Waals surface area contributed by atoms with Gasteiger partial charge in [0.05, 0.1) is 0 Å². The first-order valence-electron chi connectivity index (χ1n) is 5.26. The zero-order chi connectivity index (χ0) is 10.4. The van der Waals surface area contributed by atoms with Crippen LogP contribution in [0.1, 0.15) is 18.3 Å². The second-order valence-electron chi connectivity index (χ2n) is 3.76. The van der Waals surface area contributed by atoms with E-state index in [4.69, 9.17) is 0 Å². The third-order valence-corrected chi connectivity index (χ3v) is 2.25. The second kappa shape index (κ2) is 5.83. The Morgan fingerprint density at radius 3 is 2.79 bits per heavy atom. The molecule has 0 spiro atoms. The third kappa shape index (κ3) is 3.94. The van der Waals surface area contributed by atoms with Crippen LogP contribution in [-0.2, 0) is 6.54 Å². The maximum atomic E-state index is 3.34. The van der Waals surface area contributed by atoms with Gasteiger partial charge in [-0.25, -0.2) is 0 Å². The van der Waals surface area contributed by atoms with Crippen molar-refractivity contribution in [2.75, 3.05) is 26.7 Å². The molecule has 0 aliphatic carbocycles. The Hall–Kier alpha value is -0.800. The number of aromatic amines is 1. The Labute approximate surface area is 86.5 Å². The highest BCUT2D eigenvalue weighted by Gasteiger charge is 2.00. The van der Waals surface area contributed by atoms with E-state index < -0.39 is 0 Å². The van der Waals surface area contributed by atoms with E-state index >= 15 is 0 Å². The van der Waals surface area contributed by atoms with E-state index in [0.717, 1.165) is 26.2 Å². The lowest BCUT2D eigenvalue weighted by atomic mass is 10.4. The van der Waals surface area contributed by atoms with Gasteiger partial charge in [0.15, 0.2) is 0 Å². The molecule has 0 atom stereocenters. The van der Waals surface area contributed by atoms with Gasteiger partial charge in [-0.2, -0.15) is 0 Å². The van der Waals surface area contributed by atoms with Crippen LogP contribution in [-0.4, -0.2) is 36.6 Å². The van der Waals surface area contributed by atoms with Gasteiger partial charge in [-0.1, -0.05) is 6.92 Å². The predicted octanol–water partition coefficient (Wildman–Crippen LogP) is 1.36. The van der Waals surface area contributed by atoms with E-state index in [1.54, 1.807) is 0 Å². The number of aryl methyl sites for hydroxylation is 1. The highest BCUT2D eigenvalue weighted by molar-refractivity contribution is 5.11. The van der Waals surface area contributed by atoms with Gasteiger partial charge in [0.2, 0.25) is 0 Å². The van der Waals surface area contributed by atoms with Crippen molar-refractivity contribution in [3.05, 3.63) is 23.5 Å². The molecule has 1 heterocycles. The van der Waals surface area contributed by atoms with Gasteiger partial charge in [0, 0.05) is 31.0 Å². The van der Waals surface area contributed by atoms with Crippen LogP contribution in [0.3, 0.4) is 0 Å². The summed E-state index contributed by atoms with van der Waals surface area (Å²) in [6.45, 7) is 8.42. The molecule has 3 heteroatoms. The number of nitrogens with one attached hydrogen (secondary N) is 2. The molecule has 1 aromatic heterocycles. The molecule has 0 saturated carbocycles. The fourth-order valence-corrected chi connectivity index (χ4v) is 1.47. The lowest BCUT2D eigenvalue weighted by molar-refractivity contribution is 0.322. The van der Waals surface area contributed by atoms with Gasteiger partial charge in [0.1, 0.15) is 0 Å². The van der Waals surface area contributed by atoms with Crippen molar-refractivity contribution in [2.45, 2.75) is 20.4 Å². The van der Waals surface area contributed by atoms with Crippen molar-refractivity contribution in [2.24, 2.45) is 0 Å². The van der Waals surface area contributed by atoms with Crippen LogP contribution in [0.4, 0.5) is 0 Å². The molecule has 0 bridgehead atoms. The minimum absolute atomic E-state index is 0.999. The summed E-state index contributed by atoms with van der Waals surface area (Å²) in [6.07, 6.45) is 0. The maximum Gasteiger partial charge on any atom is 0.0382 e. The Balaban J connectivity index is 2.23. The zero-order valence-electron chi connectivity index (χ0n) is 9.43. The molecule has 0 aromatic carbocycles. The first-order valence-corrected chi connectivity index (χ1v) is 5.26. The summed E-state index contributed by atoms with van der Waals surface area (Å²) in [5.74, 6) is 0. The Morgan fingerprint density at radius 1 is 1.43 bits per heavy atom. The average molecular weight is 195 g/mol. The lowest BCUT2D eigenvalue weighted by Gasteiger charge is -2.15. The molecule has 3 nitrogen and oxygen atoms in total. The topological polar surface area (TPSA) is 31.1 Å². The molecule has 1 rings (SSSR count). The van der Waals surface area contributed by atoms with Crippen molar-refractivity contribution in [1.29, 1.82) is 0 Å². The van der Waals surface area contributed by atoms with Crippen molar-refractivity contribution < 1.29 is 0 Å². The van der Waals surface area contributed by atoms with Gasteiger partial charge in [-0.3, -0.25) is 4.90 Å². The second-order valence-corrected chi connectivity index (χ2v) is 3.76. The number of H-pyrrole nitrogens is 1. The SMILES string of the molecule is CCNCCN(C)Cc1ccc(C)[nH]1. The Morgan fingerprint density at radius 2 is 2.21 bits per heavy atom. The van der Waals surface area contributed by atoms with Gasteiger partial charge in [-0.15, -0.1) is 0 Å². The van der Waals surface area contributed by atoms with Crippen molar-refractivity contribution in [3.63, 3.8) is 0 Å². The van der Waals surface area contributed by atoms with Crippen LogP contribution >= 0.6 is 0 Å². The van der Waals surface area contributed by atoms with E-state index in [1.807, 2.05) is 0 Å². The normalized spacial score (nSPS) is 11.1. The number of hydrogen-bond acceptors (Lipinski definition) is 2. The van der Waals surface area contributed by atoms with Crippen LogP contribution in [0, 0.1) is 6.92 Å². The van der Waals surface area contributed by atoms with Crippen molar-refractivity contribution in [1.82, 2.24) is 15.2 Å². The third-order valence-electron chi connectivity index (χ3n) is 2.25. The molecule has 1 aromatic rings. The summed E-state index contributed by atoms with van der Waals surface area (Å²) >= 11 is 0. The van der Waals surface area contributed by atoms with E-state index in [1.165, 1.54) is 11.4 Å². The summed E-state index contributed by atoms with van der Waals surface area (Å²) in [5, 5.41) is 3.32. The number of nitrogens with zero attached hydrogens (tertiary/aromatic N) is 1. The molecule has 2 N–H and O–H groups in total. The van der Waals surface area contributed by atoms with Crippen molar-refractivity contribution >= 4 is 0 Å². The van der Waals surface area contributed by atoms with E-state index in [-0.39, 0.29) is 0 Å². The predicted molar refractivity (Wildman–Crippen MR) is 60.4 cm³/mol. The molecular weight excluding hydrogens is 174 g/mol. The molecule has 0 aliphatic heterocycles. The molecule has 0 aliphatic rings. The van der Waals surface area contributed by atoms with Gasteiger partial charge in [0.25, 0.3) is 0 Å². The molecular formula is C11H21N3. The smallest absolute Gasteiger partial charge is 0.0382 e. The lowest BCUT2D eigenvalue weighted by Crippen LogP contribution is -2.28. The Bertz CT molecular complexity index is 255. The van der Waals surface area contributed by atoms with Crippen LogP contribution in [0.15, 0.2) is 12.1 Å². The van der Waals surface area contributed by atoms with E-state index in [9.17, 15) is 0 Å². The molecule has 0 unspecified atom stereocenters. The number of rotatable bonds is 6. The highest BCUT2D eigenvalue weighted by Crippen LogP contribution is 2.02. The highest BCUT2D eigenvalue weighted by atomic mass is 15.1. The largest absolute Gasteiger partial charge is 0.361 e. The molecule has 0 saturated heterocycles. The minimum atomic E-state index is 0.999. The fourth-order valence-electron chi connectivity index (χ4n) is 1.47. The standard InChI is InChI=1S/C11H21N3/c1-4-12-7-8-14(3)9-11-6-5-10(2)13-11/h5-6,12-13H,4,7-9H2,1-3H3. The van der Waals surface area contributed by atoms with Gasteiger partial charge in [-0.05, 0) is 32.6 Å². The van der Waals surface area contributed by atoms with Crippen LogP contribution in [0.25, 0.3) is 0 Å². The first-order chi connectivity index (χ1) is 6.72. The molecule has 0 fully saturated rings. The average Bonchev–Trinajstić information content (AvgIpc) is 2.52. The van der Waals surface area contributed by atoms with Crippen LogP contribution < -0.4 is 5.32 Å². The monoisotopic (exact) mass is 195 g/mol. The molecule has 0 amide bonds. The summed E-state index contributed by atoms with van der Waals surface area (Å²) < 4.78 is 0. The van der Waals surface area contributed by atoms with Gasteiger partial charge < -0.3 is 10.3 Å². The zero-order valence-corrected chi connectivity index (χ0v) is 9.43. The molecule has 80 valence electrons. The minimum Gasteiger partial charge on any atom is -0.361 e. The summed E-state index contributed by atoms with van der Waals surface area (Å²) in [6, 6.07) is 4.27. The van der Waals surface area contributed by atoms with Gasteiger partial charge >= 0.3 is 0 Å². The number of hydrogen-bond donors (Lipinski definition) is 2.